The molecule has 158 valence electrons. The van der Waals surface area contributed by atoms with Crippen molar-refractivity contribution in [2.24, 2.45) is 5.92 Å². The van der Waals surface area contributed by atoms with E-state index >= 15 is 0 Å². The maximum Gasteiger partial charge on any atom is 0.242 e. The Morgan fingerprint density at radius 1 is 1.21 bits per heavy atom. The molecular formula is C23H32BrN3O2. The van der Waals surface area contributed by atoms with Gasteiger partial charge in [0.25, 0.3) is 0 Å². The van der Waals surface area contributed by atoms with Crippen molar-refractivity contribution in [3.8, 4) is 0 Å². The quantitative estimate of drug-likeness (QED) is 0.621. The van der Waals surface area contributed by atoms with E-state index in [2.05, 4.69) is 48.5 Å². The third kappa shape index (κ3) is 4.86. The van der Waals surface area contributed by atoms with E-state index < -0.39 is 0 Å². The third-order valence-electron chi connectivity index (χ3n) is 6.64. The fraction of sp³-hybridized carbons (Fsp3) is 0.609. The van der Waals surface area contributed by atoms with E-state index in [1.807, 2.05) is 12.3 Å². The number of carbonyl (C=O) groups excluding carboxylic acids is 1. The smallest absolute Gasteiger partial charge is 0.242 e. The van der Waals surface area contributed by atoms with Crippen molar-refractivity contribution < 1.29 is 9.53 Å². The first-order valence-corrected chi connectivity index (χ1v) is 11.7. The van der Waals surface area contributed by atoms with Crippen LogP contribution in [0.4, 0.5) is 0 Å². The van der Waals surface area contributed by atoms with Gasteiger partial charge >= 0.3 is 0 Å². The molecule has 0 bridgehead atoms. The number of carbonyl (C=O) groups is 1. The van der Waals surface area contributed by atoms with Gasteiger partial charge in [-0.1, -0.05) is 28.4 Å². The zero-order valence-corrected chi connectivity index (χ0v) is 18.9. The molecule has 29 heavy (non-hydrogen) atoms. The zero-order chi connectivity index (χ0) is 20.2. The Kier molecular flexibility index (Phi) is 6.93. The van der Waals surface area contributed by atoms with E-state index in [0.29, 0.717) is 31.7 Å². The van der Waals surface area contributed by atoms with Crippen LogP contribution in [0.15, 0.2) is 34.9 Å². The number of hydrogen-bond acceptors (Lipinski definition) is 3. The molecule has 0 radical (unpaired) electrons. The van der Waals surface area contributed by atoms with Gasteiger partial charge in [0, 0.05) is 42.4 Å². The molecule has 1 amide bonds. The Morgan fingerprint density at radius 3 is 2.93 bits per heavy atom. The number of aromatic nitrogens is 1. The SMILES string of the molecule is COCCN(CC1CCCN2CCCCC12)C(=O)Cn1ccc2ccc(Br)cc21. The Bertz CT molecular complexity index is 835. The van der Waals surface area contributed by atoms with Gasteiger partial charge in [0.05, 0.1) is 6.61 Å². The molecule has 5 nitrogen and oxygen atoms in total. The van der Waals surface area contributed by atoms with Gasteiger partial charge in [0.2, 0.25) is 5.91 Å². The van der Waals surface area contributed by atoms with Gasteiger partial charge in [-0.2, -0.15) is 0 Å². The molecule has 1 aromatic heterocycles. The topological polar surface area (TPSA) is 37.7 Å². The van der Waals surface area contributed by atoms with Crippen LogP contribution >= 0.6 is 15.9 Å². The summed E-state index contributed by atoms with van der Waals surface area (Å²) in [4.78, 5) is 18.0. The summed E-state index contributed by atoms with van der Waals surface area (Å²) in [6.45, 7) is 4.96. The molecular weight excluding hydrogens is 430 g/mol. The van der Waals surface area contributed by atoms with E-state index in [1.54, 1.807) is 7.11 Å². The summed E-state index contributed by atoms with van der Waals surface area (Å²) in [6.07, 6.45) is 8.45. The van der Waals surface area contributed by atoms with Crippen LogP contribution in [-0.4, -0.2) is 66.2 Å². The molecule has 0 saturated carbocycles. The fourth-order valence-electron chi connectivity index (χ4n) is 5.13. The van der Waals surface area contributed by atoms with Crippen molar-refractivity contribution in [1.29, 1.82) is 0 Å². The molecule has 0 aliphatic carbocycles. The van der Waals surface area contributed by atoms with Gasteiger partial charge in [0.1, 0.15) is 6.54 Å². The average molecular weight is 462 g/mol. The minimum atomic E-state index is 0.187. The lowest BCUT2D eigenvalue weighted by atomic mass is 9.83. The molecule has 1 aromatic carbocycles. The molecule has 3 heterocycles. The van der Waals surface area contributed by atoms with E-state index in [0.717, 1.165) is 21.9 Å². The molecule has 2 unspecified atom stereocenters. The largest absolute Gasteiger partial charge is 0.383 e. The first kappa shape index (κ1) is 20.9. The van der Waals surface area contributed by atoms with Crippen LogP contribution in [-0.2, 0) is 16.1 Å². The normalized spacial score (nSPS) is 22.6. The first-order valence-electron chi connectivity index (χ1n) is 10.9. The van der Waals surface area contributed by atoms with Gasteiger partial charge in [0.15, 0.2) is 0 Å². The van der Waals surface area contributed by atoms with Crippen molar-refractivity contribution in [2.75, 3.05) is 39.9 Å². The molecule has 2 saturated heterocycles. The Hall–Kier alpha value is -1.37. The minimum Gasteiger partial charge on any atom is -0.383 e. The zero-order valence-electron chi connectivity index (χ0n) is 17.4. The molecule has 2 atom stereocenters. The van der Waals surface area contributed by atoms with E-state index in [4.69, 9.17) is 4.74 Å². The van der Waals surface area contributed by atoms with Crippen molar-refractivity contribution in [3.63, 3.8) is 0 Å². The summed E-state index contributed by atoms with van der Waals surface area (Å²) in [6, 6.07) is 8.94. The maximum atomic E-state index is 13.3. The first-order chi connectivity index (χ1) is 14.2. The fourth-order valence-corrected chi connectivity index (χ4v) is 5.48. The summed E-state index contributed by atoms with van der Waals surface area (Å²) in [7, 11) is 1.71. The van der Waals surface area contributed by atoms with Crippen molar-refractivity contribution in [1.82, 2.24) is 14.4 Å². The number of nitrogens with zero attached hydrogens (tertiary/aromatic N) is 3. The number of fused-ring (bicyclic) bond motifs is 2. The summed E-state index contributed by atoms with van der Waals surface area (Å²) >= 11 is 3.55. The van der Waals surface area contributed by atoms with Crippen molar-refractivity contribution >= 4 is 32.7 Å². The van der Waals surface area contributed by atoms with Gasteiger partial charge < -0.3 is 19.1 Å². The predicted molar refractivity (Wildman–Crippen MR) is 120 cm³/mol. The van der Waals surface area contributed by atoms with Crippen LogP contribution < -0.4 is 0 Å². The monoisotopic (exact) mass is 461 g/mol. The standard InChI is InChI=1S/C23H32BrN3O2/c1-29-14-13-27(16-19-5-4-11-25-10-3-2-6-21(19)25)23(28)17-26-12-9-18-7-8-20(24)15-22(18)26/h7-9,12,15,19,21H,2-6,10-11,13-14,16-17H2,1H3. The predicted octanol–water partition coefficient (Wildman–Crippen LogP) is 4.14. The van der Waals surface area contributed by atoms with Gasteiger partial charge in [-0.05, 0) is 68.3 Å². The highest BCUT2D eigenvalue weighted by atomic mass is 79.9. The molecule has 2 aliphatic heterocycles. The lowest BCUT2D eigenvalue weighted by molar-refractivity contribution is -0.133. The van der Waals surface area contributed by atoms with Crippen LogP contribution in [0.2, 0.25) is 0 Å². The number of hydrogen-bond donors (Lipinski definition) is 0. The highest BCUT2D eigenvalue weighted by Crippen LogP contribution is 2.31. The number of methoxy groups -OCH3 is 1. The summed E-state index contributed by atoms with van der Waals surface area (Å²) in [5.74, 6) is 0.771. The van der Waals surface area contributed by atoms with Crippen molar-refractivity contribution in [2.45, 2.75) is 44.7 Å². The number of piperidine rings is 2. The van der Waals surface area contributed by atoms with Gasteiger partial charge in [-0.15, -0.1) is 0 Å². The van der Waals surface area contributed by atoms with Crippen LogP contribution in [0.1, 0.15) is 32.1 Å². The summed E-state index contributed by atoms with van der Waals surface area (Å²) < 4.78 is 8.42. The molecule has 2 aromatic rings. The number of rotatable bonds is 7. The molecule has 0 N–H and O–H groups in total. The Labute approximate surface area is 182 Å². The third-order valence-corrected chi connectivity index (χ3v) is 7.14. The lowest BCUT2D eigenvalue weighted by Gasteiger charge is -2.45. The highest BCUT2D eigenvalue weighted by molar-refractivity contribution is 9.10. The van der Waals surface area contributed by atoms with Crippen LogP contribution in [0.25, 0.3) is 10.9 Å². The minimum absolute atomic E-state index is 0.187. The second-order valence-corrected chi connectivity index (χ2v) is 9.40. The molecule has 4 rings (SSSR count). The maximum absolute atomic E-state index is 13.3. The number of halogens is 1. The van der Waals surface area contributed by atoms with E-state index in [-0.39, 0.29) is 5.91 Å². The van der Waals surface area contributed by atoms with E-state index in [9.17, 15) is 4.79 Å². The van der Waals surface area contributed by atoms with Gasteiger partial charge in [-0.3, -0.25) is 4.79 Å². The number of ether oxygens (including phenoxy) is 1. The number of benzene rings is 1. The van der Waals surface area contributed by atoms with Crippen LogP contribution in [0, 0.1) is 5.92 Å². The molecule has 2 fully saturated rings. The second kappa shape index (κ2) is 9.63. The second-order valence-electron chi connectivity index (χ2n) is 8.48. The average Bonchev–Trinajstić information content (AvgIpc) is 3.13. The molecule has 6 heteroatoms. The van der Waals surface area contributed by atoms with Crippen LogP contribution in [0.3, 0.4) is 0 Å². The summed E-state index contributed by atoms with van der Waals surface area (Å²) in [5, 5.41) is 1.16. The lowest BCUT2D eigenvalue weighted by Crippen LogP contribution is -2.52. The van der Waals surface area contributed by atoms with Gasteiger partial charge in [-0.25, -0.2) is 0 Å². The molecule has 2 aliphatic rings. The Morgan fingerprint density at radius 2 is 2.07 bits per heavy atom. The van der Waals surface area contributed by atoms with Crippen LogP contribution in [0.5, 0.6) is 0 Å². The molecule has 0 spiro atoms. The number of amides is 1. The highest BCUT2D eigenvalue weighted by Gasteiger charge is 2.34. The Balaban J connectivity index is 1.48. The van der Waals surface area contributed by atoms with Crippen molar-refractivity contribution in [3.05, 3.63) is 34.9 Å². The van der Waals surface area contributed by atoms with E-state index in [1.165, 1.54) is 45.2 Å². The summed E-state index contributed by atoms with van der Waals surface area (Å²) in [5.41, 5.74) is 1.09.